The number of fused-ring (bicyclic) bond motifs is 1. The molecule has 0 spiro atoms. The van der Waals surface area contributed by atoms with Crippen LogP contribution >= 0.6 is 0 Å². The third-order valence-electron chi connectivity index (χ3n) is 6.81. The van der Waals surface area contributed by atoms with Gasteiger partial charge >= 0.3 is 17.8 Å². The molecule has 0 bridgehead atoms. The second-order valence-electron chi connectivity index (χ2n) is 9.44. The fourth-order valence-electron chi connectivity index (χ4n) is 4.89. The Hall–Kier alpha value is -4.41. The Morgan fingerprint density at radius 2 is 2.00 bits per heavy atom. The van der Waals surface area contributed by atoms with Gasteiger partial charge in [-0.05, 0) is 62.4 Å². The van der Waals surface area contributed by atoms with Gasteiger partial charge in [0.2, 0.25) is 5.95 Å². The summed E-state index contributed by atoms with van der Waals surface area (Å²) in [5.41, 5.74) is 0.289. The molecule has 0 saturated heterocycles. The molecule has 1 aromatic heterocycles. The highest BCUT2D eigenvalue weighted by molar-refractivity contribution is 5.93. The summed E-state index contributed by atoms with van der Waals surface area (Å²) in [6, 6.07) is 10.5. The Balaban J connectivity index is 1.94. The summed E-state index contributed by atoms with van der Waals surface area (Å²) < 4.78 is 52.5. The van der Waals surface area contributed by atoms with E-state index >= 15 is 0 Å². The van der Waals surface area contributed by atoms with Gasteiger partial charge in [0.05, 0.1) is 36.5 Å². The molecule has 0 saturated carbocycles. The number of rotatable bonds is 9. The number of benzene rings is 2. The molecular formula is C28H29F3N6O4. The van der Waals surface area contributed by atoms with E-state index in [4.69, 9.17) is 9.47 Å². The summed E-state index contributed by atoms with van der Waals surface area (Å²) in [6.07, 6.45) is -4.62. The van der Waals surface area contributed by atoms with Crippen LogP contribution in [0.5, 0.6) is 0 Å². The first-order valence-electron chi connectivity index (χ1n) is 12.7. The standard InChI is InChI=1S/C28H29F3N6O4/c1-5-41-12-11-35(3)16-19-13-18(15-32)9-10-22(19)24-23(25(38)40-4)17(2)36(26-33-34-27(39)37(24)26)21-8-6-7-20(14-21)28(29,30)31/h6-10,13-14,24H,5,11-12,16H2,1-4H3,(H,34,39). The zero-order valence-electron chi connectivity index (χ0n) is 23.0. The minimum absolute atomic E-state index is 0.00973. The lowest BCUT2D eigenvalue weighted by molar-refractivity contribution is -0.138. The van der Waals surface area contributed by atoms with Crippen molar-refractivity contribution >= 4 is 17.6 Å². The number of ether oxygens (including phenoxy) is 2. The molecule has 1 atom stereocenters. The van der Waals surface area contributed by atoms with Crippen molar-refractivity contribution in [1.29, 1.82) is 5.26 Å². The number of hydrogen-bond donors (Lipinski definition) is 1. The molecule has 0 aliphatic carbocycles. The number of halogens is 3. The van der Waals surface area contributed by atoms with Crippen LogP contribution in [0.25, 0.3) is 0 Å². The number of nitrogens with zero attached hydrogens (tertiary/aromatic N) is 5. The third-order valence-corrected chi connectivity index (χ3v) is 6.81. The molecule has 2 aromatic carbocycles. The average Bonchev–Trinajstić information content (AvgIpc) is 3.32. The molecule has 0 radical (unpaired) electrons. The lowest BCUT2D eigenvalue weighted by atomic mass is 9.90. The zero-order valence-corrected chi connectivity index (χ0v) is 23.0. The van der Waals surface area contributed by atoms with Gasteiger partial charge < -0.3 is 9.47 Å². The summed E-state index contributed by atoms with van der Waals surface area (Å²) >= 11 is 0. The van der Waals surface area contributed by atoms with Crippen molar-refractivity contribution in [2.75, 3.05) is 38.8 Å². The fraction of sp³-hybridized carbons (Fsp3) is 0.357. The maximum Gasteiger partial charge on any atom is 0.416 e. The lowest BCUT2D eigenvalue weighted by Crippen LogP contribution is -2.38. The first-order chi connectivity index (χ1) is 19.5. The van der Waals surface area contributed by atoms with E-state index < -0.39 is 29.4 Å². The van der Waals surface area contributed by atoms with E-state index in [9.17, 15) is 28.0 Å². The minimum Gasteiger partial charge on any atom is -0.466 e. The van der Waals surface area contributed by atoms with Gasteiger partial charge in [-0.2, -0.15) is 18.4 Å². The maximum atomic E-state index is 13.6. The second-order valence-corrected chi connectivity index (χ2v) is 9.44. The molecule has 2 heterocycles. The van der Waals surface area contributed by atoms with Crippen molar-refractivity contribution in [2.45, 2.75) is 32.6 Å². The normalized spacial score (nSPS) is 15.2. The summed E-state index contributed by atoms with van der Waals surface area (Å²) in [5.74, 6) is -0.785. The zero-order chi connectivity index (χ0) is 29.9. The molecule has 1 aliphatic heterocycles. The molecule has 0 amide bonds. The predicted molar refractivity (Wildman–Crippen MR) is 143 cm³/mol. The summed E-state index contributed by atoms with van der Waals surface area (Å²) in [6.45, 7) is 5.41. The molecule has 41 heavy (non-hydrogen) atoms. The van der Waals surface area contributed by atoms with Gasteiger partial charge in [-0.25, -0.2) is 19.3 Å². The number of allylic oxidation sites excluding steroid dienone is 1. The van der Waals surface area contributed by atoms with Gasteiger partial charge in [-0.1, -0.05) is 12.1 Å². The van der Waals surface area contributed by atoms with Crippen molar-refractivity contribution in [3.8, 4) is 6.07 Å². The number of aromatic nitrogens is 3. The van der Waals surface area contributed by atoms with Gasteiger partial charge in [0, 0.05) is 31.1 Å². The van der Waals surface area contributed by atoms with E-state index in [0.29, 0.717) is 43.0 Å². The third kappa shape index (κ3) is 5.89. The number of nitrogens with one attached hydrogen (secondary N) is 1. The van der Waals surface area contributed by atoms with E-state index in [1.54, 1.807) is 25.1 Å². The van der Waals surface area contributed by atoms with Crippen LogP contribution in [0.3, 0.4) is 0 Å². The smallest absolute Gasteiger partial charge is 0.416 e. The quantitative estimate of drug-likeness (QED) is 0.302. The number of anilines is 2. The number of aromatic amines is 1. The minimum atomic E-state index is -4.62. The van der Waals surface area contributed by atoms with E-state index in [0.717, 1.165) is 12.1 Å². The Bertz CT molecular complexity index is 1570. The van der Waals surface area contributed by atoms with Crippen LogP contribution in [0.1, 0.15) is 42.1 Å². The first kappa shape index (κ1) is 29.6. The van der Waals surface area contributed by atoms with Gasteiger partial charge in [0.1, 0.15) is 6.04 Å². The van der Waals surface area contributed by atoms with Gasteiger partial charge in [0.15, 0.2) is 0 Å². The van der Waals surface area contributed by atoms with Crippen LogP contribution < -0.4 is 10.6 Å². The van der Waals surface area contributed by atoms with Crippen LogP contribution in [0, 0.1) is 11.3 Å². The molecule has 10 nitrogen and oxygen atoms in total. The number of alkyl halides is 3. The highest BCUT2D eigenvalue weighted by Crippen LogP contribution is 2.43. The van der Waals surface area contributed by atoms with Crippen molar-refractivity contribution in [2.24, 2.45) is 0 Å². The van der Waals surface area contributed by atoms with E-state index in [-0.39, 0.29) is 22.9 Å². The van der Waals surface area contributed by atoms with Crippen LogP contribution in [0.4, 0.5) is 24.8 Å². The summed E-state index contributed by atoms with van der Waals surface area (Å²) in [5, 5.41) is 16.1. The molecular weight excluding hydrogens is 541 g/mol. The van der Waals surface area contributed by atoms with Gasteiger partial charge in [0.25, 0.3) is 0 Å². The van der Waals surface area contributed by atoms with Crippen LogP contribution in [0.2, 0.25) is 0 Å². The highest BCUT2D eigenvalue weighted by Gasteiger charge is 2.41. The number of likely N-dealkylation sites (N-methyl/N-ethyl adjacent to an activating group) is 1. The summed E-state index contributed by atoms with van der Waals surface area (Å²) in [4.78, 5) is 29.8. The maximum absolute atomic E-state index is 13.6. The van der Waals surface area contributed by atoms with Gasteiger partial charge in [-0.3, -0.25) is 9.80 Å². The Labute approximate surface area is 234 Å². The van der Waals surface area contributed by atoms with Crippen LogP contribution in [0.15, 0.2) is 58.5 Å². The average molecular weight is 571 g/mol. The SMILES string of the molecule is CCOCCN(C)Cc1cc(C#N)ccc1C1C(C(=O)OC)=C(C)N(c2cccc(C(F)(F)F)c2)c2n[nH]c(=O)n21. The number of nitriles is 1. The Kier molecular flexibility index (Phi) is 8.65. The van der Waals surface area contributed by atoms with E-state index in [1.165, 1.54) is 28.7 Å². The molecule has 216 valence electrons. The molecule has 1 unspecified atom stereocenters. The summed E-state index contributed by atoms with van der Waals surface area (Å²) in [7, 11) is 3.05. The van der Waals surface area contributed by atoms with Gasteiger partial charge in [-0.15, -0.1) is 5.10 Å². The van der Waals surface area contributed by atoms with Crippen molar-refractivity contribution in [3.05, 3.63) is 86.5 Å². The Morgan fingerprint density at radius 1 is 1.24 bits per heavy atom. The number of hydrogen-bond acceptors (Lipinski definition) is 8. The topological polar surface area (TPSA) is 116 Å². The number of carbonyl (C=O) groups is 1. The molecule has 1 aliphatic rings. The van der Waals surface area contributed by atoms with Crippen molar-refractivity contribution in [3.63, 3.8) is 0 Å². The van der Waals surface area contributed by atoms with E-state index in [1.807, 2.05) is 18.9 Å². The van der Waals surface area contributed by atoms with Crippen molar-refractivity contribution < 1.29 is 27.4 Å². The number of esters is 1. The monoisotopic (exact) mass is 570 g/mol. The largest absolute Gasteiger partial charge is 0.466 e. The molecule has 0 fully saturated rings. The van der Waals surface area contributed by atoms with Crippen LogP contribution in [-0.4, -0.2) is 59.5 Å². The molecule has 3 aromatic rings. The second kappa shape index (κ2) is 12.0. The molecule has 4 rings (SSSR count). The number of carbonyl (C=O) groups excluding carboxylic acids is 1. The Morgan fingerprint density at radius 3 is 2.66 bits per heavy atom. The van der Waals surface area contributed by atoms with Crippen molar-refractivity contribution in [1.82, 2.24) is 19.7 Å². The lowest BCUT2D eigenvalue weighted by Gasteiger charge is -2.36. The first-order valence-corrected chi connectivity index (χ1v) is 12.7. The van der Waals surface area contributed by atoms with E-state index in [2.05, 4.69) is 16.3 Å². The molecule has 1 N–H and O–H groups in total. The number of H-pyrrole nitrogens is 1. The fourth-order valence-corrected chi connectivity index (χ4v) is 4.89. The number of methoxy groups -OCH3 is 1. The van der Waals surface area contributed by atoms with Crippen LogP contribution in [-0.2, 0) is 27.0 Å². The highest BCUT2D eigenvalue weighted by atomic mass is 19.4. The predicted octanol–water partition coefficient (Wildman–Crippen LogP) is 4.12. The molecule has 13 heteroatoms.